The van der Waals surface area contributed by atoms with E-state index in [-0.39, 0.29) is 0 Å². The molecule has 0 spiro atoms. The molecule has 1 aromatic heterocycles. The molecule has 6 nitrogen and oxygen atoms in total. The van der Waals surface area contributed by atoms with Crippen LogP contribution in [0, 0.1) is 11.7 Å². The van der Waals surface area contributed by atoms with Gasteiger partial charge in [0.2, 0.25) is 4.77 Å². The Morgan fingerprint density at radius 3 is 2.43 bits per heavy atom. The van der Waals surface area contributed by atoms with Crippen molar-refractivity contribution in [1.82, 2.24) is 14.3 Å². The number of benzene rings is 1. The Bertz CT molecular complexity index is 723. The van der Waals surface area contributed by atoms with E-state index in [1.807, 2.05) is 21.4 Å². The first kappa shape index (κ1) is 17.5. The van der Waals surface area contributed by atoms with Crippen molar-refractivity contribution < 1.29 is 14.4 Å². The van der Waals surface area contributed by atoms with Gasteiger partial charge in [-0.15, -0.1) is 0 Å². The van der Waals surface area contributed by atoms with Crippen LogP contribution in [-0.2, 0) is 19.8 Å². The number of ether oxygens (including phenoxy) is 2. The van der Waals surface area contributed by atoms with Gasteiger partial charge < -0.3 is 18.9 Å². The van der Waals surface area contributed by atoms with E-state index in [1.54, 1.807) is 20.5 Å². The minimum atomic E-state index is 0.722. The van der Waals surface area contributed by atoms with Gasteiger partial charge in [0.15, 0.2) is 18.2 Å². The molecule has 1 atom stereocenters. The average Bonchev–Trinajstić information content (AvgIpc) is 2.89. The smallest absolute Gasteiger partial charge is 0.202 e. The number of aromatic nitrogens is 3. The van der Waals surface area contributed by atoms with Gasteiger partial charge in [-0.3, -0.25) is 0 Å². The van der Waals surface area contributed by atoms with E-state index >= 15 is 0 Å². The van der Waals surface area contributed by atoms with Crippen molar-refractivity contribution in [1.29, 1.82) is 0 Å². The minimum Gasteiger partial charge on any atom is -0.493 e. The summed E-state index contributed by atoms with van der Waals surface area (Å²) >= 11 is 5.42. The molecule has 126 valence electrons. The molecule has 2 aromatic rings. The first-order chi connectivity index (χ1) is 11.0. The Morgan fingerprint density at radius 2 is 1.87 bits per heavy atom. The Balaban J connectivity index is 2.15. The molecule has 1 unspecified atom stereocenters. The zero-order valence-electron chi connectivity index (χ0n) is 14.4. The highest BCUT2D eigenvalue weighted by atomic mass is 32.1. The number of nitrogens with zero attached hydrogens (tertiary/aromatic N) is 3. The lowest BCUT2D eigenvalue weighted by Crippen LogP contribution is -3.07. The molecule has 1 heterocycles. The summed E-state index contributed by atoms with van der Waals surface area (Å²) in [7, 11) is 5.44. The van der Waals surface area contributed by atoms with Gasteiger partial charge in [0, 0.05) is 12.1 Å². The third-order valence-corrected chi connectivity index (χ3v) is 4.34. The van der Waals surface area contributed by atoms with Crippen LogP contribution in [0.4, 0.5) is 0 Å². The normalized spacial score (nSPS) is 12.2. The summed E-state index contributed by atoms with van der Waals surface area (Å²) in [4.78, 5) is 1.29. The lowest BCUT2D eigenvalue weighted by Gasteiger charge is -2.17. The van der Waals surface area contributed by atoms with Crippen LogP contribution < -0.4 is 14.4 Å². The number of aryl methyl sites for hydroxylation is 2. The molecule has 1 aromatic carbocycles. The third-order valence-electron chi connectivity index (χ3n) is 3.89. The molecule has 0 fully saturated rings. The summed E-state index contributed by atoms with van der Waals surface area (Å²) in [6, 6.07) is 4.06. The van der Waals surface area contributed by atoms with Crippen molar-refractivity contribution >= 4 is 12.2 Å². The highest BCUT2D eigenvalue weighted by molar-refractivity contribution is 7.71. The monoisotopic (exact) mass is 337 g/mol. The van der Waals surface area contributed by atoms with Crippen LogP contribution in [0.3, 0.4) is 0 Å². The summed E-state index contributed by atoms with van der Waals surface area (Å²) < 4.78 is 15.3. The van der Waals surface area contributed by atoms with Crippen LogP contribution >= 0.6 is 12.2 Å². The van der Waals surface area contributed by atoms with E-state index in [4.69, 9.17) is 21.7 Å². The summed E-state index contributed by atoms with van der Waals surface area (Å²) in [5.74, 6) is 1.52. The standard InChI is InChI=1S/C16H24N4O2S/c1-6-19-10-17-20(16(19)23)11-18(3)9-13-8-15(22-5)14(21-4)7-12(13)2/h7-8,10H,6,9,11H2,1-5H3/p+1. The van der Waals surface area contributed by atoms with E-state index in [0.717, 1.165) is 36.0 Å². The second kappa shape index (κ2) is 7.61. The summed E-state index contributed by atoms with van der Waals surface area (Å²) in [6.07, 6.45) is 1.79. The molecule has 0 saturated heterocycles. The fourth-order valence-electron chi connectivity index (χ4n) is 2.55. The molecule has 2 rings (SSSR count). The zero-order chi connectivity index (χ0) is 17.0. The van der Waals surface area contributed by atoms with Crippen LogP contribution in [0.5, 0.6) is 11.5 Å². The van der Waals surface area contributed by atoms with Crippen LogP contribution in [0.1, 0.15) is 18.1 Å². The third kappa shape index (κ3) is 3.92. The van der Waals surface area contributed by atoms with Crippen molar-refractivity contribution in [3.05, 3.63) is 34.4 Å². The van der Waals surface area contributed by atoms with E-state index in [2.05, 4.69) is 26.0 Å². The molecular formula is C16H25N4O2S+. The molecule has 0 amide bonds. The van der Waals surface area contributed by atoms with Gasteiger partial charge in [-0.1, -0.05) is 0 Å². The molecule has 0 aliphatic rings. The number of quaternary nitrogens is 1. The number of hydrogen-bond donors (Lipinski definition) is 1. The van der Waals surface area contributed by atoms with E-state index in [9.17, 15) is 0 Å². The molecular weight excluding hydrogens is 312 g/mol. The van der Waals surface area contributed by atoms with Gasteiger partial charge in [0.05, 0.1) is 21.3 Å². The quantitative estimate of drug-likeness (QED) is 0.777. The van der Waals surface area contributed by atoms with Gasteiger partial charge in [-0.25, -0.2) is 0 Å². The van der Waals surface area contributed by atoms with Crippen molar-refractivity contribution in [3.8, 4) is 11.5 Å². The van der Waals surface area contributed by atoms with Crippen LogP contribution in [0.25, 0.3) is 0 Å². The van der Waals surface area contributed by atoms with Crippen LogP contribution in [0.2, 0.25) is 0 Å². The molecule has 23 heavy (non-hydrogen) atoms. The highest BCUT2D eigenvalue weighted by Crippen LogP contribution is 2.29. The Hall–Kier alpha value is -1.86. The lowest BCUT2D eigenvalue weighted by molar-refractivity contribution is -0.917. The molecule has 7 heteroatoms. The fraction of sp³-hybridized carbons (Fsp3) is 0.500. The number of nitrogens with one attached hydrogen (secondary N) is 1. The van der Waals surface area contributed by atoms with Crippen molar-refractivity contribution in [3.63, 3.8) is 0 Å². The van der Waals surface area contributed by atoms with Crippen molar-refractivity contribution in [2.24, 2.45) is 0 Å². The molecule has 0 radical (unpaired) electrons. The lowest BCUT2D eigenvalue weighted by atomic mass is 10.1. The average molecular weight is 337 g/mol. The minimum absolute atomic E-state index is 0.722. The zero-order valence-corrected chi connectivity index (χ0v) is 15.2. The maximum Gasteiger partial charge on any atom is 0.202 e. The summed E-state index contributed by atoms with van der Waals surface area (Å²) in [5, 5.41) is 4.36. The van der Waals surface area contributed by atoms with Crippen molar-refractivity contribution in [2.45, 2.75) is 33.6 Å². The van der Waals surface area contributed by atoms with Crippen LogP contribution in [0.15, 0.2) is 18.5 Å². The Kier molecular flexibility index (Phi) is 5.79. The van der Waals surface area contributed by atoms with Gasteiger partial charge in [-0.2, -0.15) is 9.78 Å². The Morgan fingerprint density at radius 1 is 1.22 bits per heavy atom. The Labute approximate surface area is 142 Å². The first-order valence-corrected chi connectivity index (χ1v) is 8.06. The van der Waals surface area contributed by atoms with E-state index in [0.29, 0.717) is 0 Å². The second-order valence-corrected chi connectivity index (χ2v) is 5.99. The topological polar surface area (TPSA) is 45.7 Å². The highest BCUT2D eigenvalue weighted by Gasteiger charge is 2.13. The van der Waals surface area contributed by atoms with E-state index in [1.165, 1.54) is 16.0 Å². The molecule has 0 saturated carbocycles. The summed E-state index contributed by atoms with van der Waals surface area (Å²) in [5.41, 5.74) is 2.41. The maximum absolute atomic E-state index is 5.42. The SMILES string of the molecule is CCn1cnn(C[NH+](C)Cc2cc(OC)c(OC)cc2C)c1=S. The maximum atomic E-state index is 5.42. The molecule has 1 N–H and O–H groups in total. The number of hydrogen-bond acceptors (Lipinski definition) is 4. The van der Waals surface area contributed by atoms with Gasteiger partial charge >= 0.3 is 0 Å². The van der Waals surface area contributed by atoms with E-state index < -0.39 is 0 Å². The predicted octanol–water partition coefficient (Wildman–Crippen LogP) is 1.43. The van der Waals surface area contributed by atoms with Gasteiger partial charge in [0.25, 0.3) is 0 Å². The first-order valence-electron chi connectivity index (χ1n) is 7.65. The predicted molar refractivity (Wildman–Crippen MR) is 91.6 cm³/mol. The van der Waals surface area contributed by atoms with Crippen molar-refractivity contribution in [2.75, 3.05) is 21.3 Å². The molecule has 0 bridgehead atoms. The molecule has 0 aliphatic heterocycles. The number of methoxy groups -OCH3 is 2. The van der Waals surface area contributed by atoms with Gasteiger partial charge in [-0.05, 0) is 43.8 Å². The number of rotatable bonds is 7. The largest absolute Gasteiger partial charge is 0.493 e. The fourth-order valence-corrected chi connectivity index (χ4v) is 2.83. The van der Waals surface area contributed by atoms with Crippen LogP contribution in [-0.4, -0.2) is 35.6 Å². The van der Waals surface area contributed by atoms with Gasteiger partial charge in [0.1, 0.15) is 12.9 Å². The summed E-state index contributed by atoms with van der Waals surface area (Å²) in [6.45, 7) is 6.56. The second-order valence-electron chi connectivity index (χ2n) is 5.62. The molecule has 0 aliphatic carbocycles.